The van der Waals surface area contributed by atoms with Crippen molar-refractivity contribution >= 4 is 5.69 Å². The normalized spacial score (nSPS) is 22.0. The summed E-state index contributed by atoms with van der Waals surface area (Å²) in [6.07, 6.45) is 6.90. The highest BCUT2D eigenvalue weighted by Gasteiger charge is 2.43. The van der Waals surface area contributed by atoms with Gasteiger partial charge in [0.05, 0.1) is 0 Å². The van der Waals surface area contributed by atoms with Crippen molar-refractivity contribution in [3.05, 3.63) is 29.6 Å². The third-order valence-electron chi connectivity index (χ3n) is 4.58. The monoisotopic (exact) mass is 248 g/mol. The highest BCUT2D eigenvalue weighted by Crippen LogP contribution is 2.45. The molecule has 1 aliphatic heterocycles. The molecule has 1 heterocycles. The Morgan fingerprint density at radius 1 is 1.17 bits per heavy atom. The van der Waals surface area contributed by atoms with Gasteiger partial charge < -0.3 is 10.6 Å². The van der Waals surface area contributed by atoms with Crippen molar-refractivity contribution < 1.29 is 4.39 Å². The smallest absolute Gasteiger partial charge is 0.127 e. The van der Waals surface area contributed by atoms with Crippen molar-refractivity contribution in [2.24, 2.45) is 11.1 Å². The van der Waals surface area contributed by atoms with Crippen LogP contribution in [0.25, 0.3) is 0 Å². The first-order valence-corrected chi connectivity index (χ1v) is 6.96. The number of halogens is 1. The van der Waals surface area contributed by atoms with E-state index in [2.05, 4.69) is 4.90 Å². The summed E-state index contributed by atoms with van der Waals surface area (Å²) in [7, 11) is 0. The average molecular weight is 248 g/mol. The van der Waals surface area contributed by atoms with Crippen LogP contribution in [0.15, 0.2) is 18.2 Å². The summed E-state index contributed by atoms with van der Waals surface area (Å²) in [4.78, 5) is 2.37. The van der Waals surface area contributed by atoms with E-state index in [4.69, 9.17) is 5.73 Å². The van der Waals surface area contributed by atoms with Crippen molar-refractivity contribution in [1.29, 1.82) is 0 Å². The highest BCUT2D eigenvalue weighted by atomic mass is 19.1. The van der Waals surface area contributed by atoms with Gasteiger partial charge in [-0.1, -0.05) is 19.3 Å². The predicted octanol–water partition coefficient (Wildman–Crippen LogP) is 3.05. The second-order valence-electron chi connectivity index (χ2n) is 5.90. The highest BCUT2D eigenvalue weighted by molar-refractivity contribution is 5.52. The molecule has 2 N–H and O–H groups in total. The molecule has 2 fully saturated rings. The van der Waals surface area contributed by atoms with Gasteiger partial charge >= 0.3 is 0 Å². The summed E-state index contributed by atoms with van der Waals surface area (Å²) < 4.78 is 13.4. The fourth-order valence-electron chi connectivity index (χ4n) is 3.48. The molecule has 2 nitrogen and oxygen atoms in total. The molecule has 1 saturated carbocycles. The van der Waals surface area contributed by atoms with Gasteiger partial charge in [0.25, 0.3) is 0 Å². The summed E-state index contributed by atoms with van der Waals surface area (Å²) in [6.45, 7) is 2.56. The molecule has 0 unspecified atom stereocenters. The van der Waals surface area contributed by atoms with E-state index in [1.807, 2.05) is 12.1 Å². The largest absolute Gasteiger partial charge is 0.370 e. The quantitative estimate of drug-likeness (QED) is 0.871. The van der Waals surface area contributed by atoms with Crippen molar-refractivity contribution in [2.75, 3.05) is 18.0 Å². The van der Waals surface area contributed by atoms with E-state index < -0.39 is 0 Å². The van der Waals surface area contributed by atoms with Gasteiger partial charge in [-0.05, 0) is 31.0 Å². The summed E-state index contributed by atoms with van der Waals surface area (Å²) >= 11 is 0. The third kappa shape index (κ3) is 2.01. The Balaban J connectivity index is 1.70. The molecule has 0 aromatic heterocycles. The van der Waals surface area contributed by atoms with Crippen molar-refractivity contribution in [1.82, 2.24) is 0 Å². The molecular weight excluding hydrogens is 227 g/mol. The van der Waals surface area contributed by atoms with E-state index in [1.165, 1.54) is 32.1 Å². The number of hydrogen-bond acceptors (Lipinski definition) is 2. The molecule has 0 atom stereocenters. The van der Waals surface area contributed by atoms with E-state index in [0.717, 1.165) is 18.8 Å². The maximum absolute atomic E-state index is 13.4. The second kappa shape index (κ2) is 4.54. The summed E-state index contributed by atoms with van der Waals surface area (Å²) in [6, 6.07) is 5.33. The molecule has 2 aliphatic rings. The van der Waals surface area contributed by atoms with E-state index >= 15 is 0 Å². The molecule has 1 aromatic carbocycles. The van der Waals surface area contributed by atoms with Crippen LogP contribution in [0.5, 0.6) is 0 Å². The maximum Gasteiger partial charge on any atom is 0.127 e. The molecule has 1 aliphatic carbocycles. The standard InChI is InChI=1S/C15H21FN2/c16-14-5-4-13(8-12(14)9-17)18-10-15(11-18)6-2-1-3-7-15/h4-5,8H,1-3,6-7,9-11,17H2. The molecule has 3 heteroatoms. The van der Waals surface area contributed by atoms with Gasteiger partial charge in [-0.25, -0.2) is 4.39 Å². The third-order valence-corrected chi connectivity index (χ3v) is 4.58. The number of rotatable bonds is 2. The van der Waals surface area contributed by atoms with Crippen LogP contribution in [-0.4, -0.2) is 13.1 Å². The first-order chi connectivity index (χ1) is 8.72. The summed E-state index contributed by atoms with van der Waals surface area (Å²) in [5.74, 6) is -0.186. The van der Waals surface area contributed by atoms with Gasteiger partial charge in [-0.15, -0.1) is 0 Å². The topological polar surface area (TPSA) is 29.3 Å². The zero-order chi connectivity index (χ0) is 12.6. The molecule has 1 saturated heterocycles. The van der Waals surface area contributed by atoms with Crippen LogP contribution in [0, 0.1) is 11.2 Å². The Morgan fingerprint density at radius 3 is 2.56 bits per heavy atom. The lowest BCUT2D eigenvalue weighted by molar-refractivity contribution is 0.139. The van der Waals surface area contributed by atoms with Gasteiger partial charge in [0.2, 0.25) is 0 Å². The van der Waals surface area contributed by atoms with Crippen LogP contribution in [0.2, 0.25) is 0 Å². The van der Waals surface area contributed by atoms with Crippen LogP contribution in [0.1, 0.15) is 37.7 Å². The van der Waals surface area contributed by atoms with E-state index in [9.17, 15) is 4.39 Å². The SMILES string of the molecule is NCc1cc(N2CC3(CCCCC3)C2)ccc1F. The second-order valence-corrected chi connectivity index (χ2v) is 5.90. The molecule has 18 heavy (non-hydrogen) atoms. The van der Waals surface area contributed by atoms with Crippen molar-refractivity contribution in [3.8, 4) is 0 Å². The van der Waals surface area contributed by atoms with E-state index in [-0.39, 0.29) is 12.4 Å². The van der Waals surface area contributed by atoms with Gasteiger partial charge in [0.15, 0.2) is 0 Å². The minimum absolute atomic E-state index is 0.186. The Hall–Kier alpha value is -1.09. The fraction of sp³-hybridized carbons (Fsp3) is 0.600. The lowest BCUT2D eigenvalue weighted by Gasteiger charge is -2.53. The Labute approximate surface area is 108 Å². The van der Waals surface area contributed by atoms with Crippen LogP contribution in [0.3, 0.4) is 0 Å². The summed E-state index contributed by atoms with van der Waals surface area (Å²) in [5, 5.41) is 0. The molecule has 3 rings (SSSR count). The first kappa shape index (κ1) is 12.0. The Bertz CT molecular complexity index is 430. The zero-order valence-corrected chi connectivity index (χ0v) is 10.8. The van der Waals surface area contributed by atoms with E-state index in [1.54, 1.807) is 6.07 Å². The van der Waals surface area contributed by atoms with Gasteiger partial charge in [0.1, 0.15) is 5.82 Å². The fourth-order valence-corrected chi connectivity index (χ4v) is 3.48. The molecule has 1 aromatic rings. The molecule has 0 radical (unpaired) electrons. The van der Waals surface area contributed by atoms with Gasteiger partial charge in [-0.3, -0.25) is 0 Å². The number of nitrogens with two attached hydrogens (primary N) is 1. The molecule has 1 spiro atoms. The predicted molar refractivity (Wildman–Crippen MR) is 72.0 cm³/mol. The zero-order valence-electron chi connectivity index (χ0n) is 10.8. The first-order valence-electron chi connectivity index (χ1n) is 6.96. The van der Waals surface area contributed by atoms with Crippen LogP contribution >= 0.6 is 0 Å². The minimum Gasteiger partial charge on any atom is -0.370 e. The Morgan fingerprint density at radius 2 is 1.89 bits per heavy atom. The van der Waals surface area contributed by atoms with Crippen molar-refractivity contribution in [3.63, 3.8) is 0 Å². The molecule has 98 valence electrons. The van der Waals surface area contributed by atoms with Crippen LogP contribution < -0.4 is 10.6 Å². The van der Waals surface area contributed by atoms with Gasteiger partial charge in [-0.2, -0.15) is 0 Å². The minimum atomic E-state index is -0.186. The van der Waals surface area contributed by atoms with E-state index in [0.29, 0.717) is 11.0 Å². The van der Waals surface area contributed by atoms with Crippen LogP contribution in [-0.2, 0) is 6.54 Å². The average Bonchev–Trinajstić information content (AvgIpc) is 2.37. The lowest BCUT2D eigenvalue weighted by Crippen LogP contribution is -2.57. The Kier molecular flexibility index (Phi) is 3.02. The number of anilines is 1. The molecule has 0 amide bonds. The number of benzene rings is 1. The lowest BCUT2D eigenvalue weighted by atomic mass is 9.68. The maximum atomic E-state index is 13.4. The summed E-state index contributed by atoms with van der Waals surface area (Å²) in [5.41, 5.74) is 7.88. The van der Waals surface area contributed by atoms with Gasteiger partial charge in [0, 0.05) is 36.3 Å². The molecular formula is C15H21FN2. The number of hydrogen-bond donors (Lipinski definition) is 1. The van der Waals surface area contributed by atoms with Crippen molar-refractivity contribution in [2.45, 2.75) is 38.6 Å². The molecule has 0 bridgehead atoms. The van der Waals surface area contributed by atoms with Crippen LogP contribution in [0.4, 0.5) is 10.1 Å². The number of nitrogens with zero attached hydrogens (tertiary/aromatic N) is 1.